The van der Waals surface area contributed by atoms with Crippen LogP contribution < -0.4 is 11.1 Å². The van der Waals surface area contributed by atoms with E-state index < -0.39 is 30.2 Å². The van der Waals surface area contributed by atoms with Crippen LogP contribution in [0.25, 0.3) is 0 Å². The molecule has 1 atom stereocenters. The number of thiophene rings is 1. The Hall–Kier alpha value is -1.41. The van der Waals surface area contributed by atoms with Crippen LogP contribution in [0.3, 0.4) is 0 Å². The molecule has 1 rings (SSSR count). The maximum absolute atomic E-state index is 11.7. The summed E-state index contributed by atoms with van der Waals surface area (Å²) in [6.07, 6.45) is -0.440. The molecule has 0 aliphatic carbocycles. The second kappa shape index (κ2) is 5.78. The summed E-state index contributed by atoms with van der Waals surface area (Å²) in [7, 11) is 0. The van der Waals surface area contributed by atoms with Crippen molar-refractivity contribution in [1.29, 1.82) is 0 Å². The summed E-state index contributed by atoms with van der Waals surface area (Å²) in [4.78, 5) is 33.5. The summed E-state index contributed by atoms with van der Waals surface area (Å²) >= 11 is 4.32. The summed E-state index contributed by atoms with van der Waals surface area (Å²) in [5.41, 5.74) is 4.90. The summed E-state index contributed by atoms with van der Waals surface area (Å²) < 4.78 is 0.572. The quantitative estimate of drug-likeness (QED) is 0.736. The van der Waals surface area contributed by atoms with E-state index in [0.29, 0.717) is 9.35 Å². The van der Waals surface area contributed by atoms with Crippen LogP contribution in [0.2, 0.25) is 0 Å². The number of nitrogens with two attached hydrogens (primary N) is 1. The highest BCUT2D eigenvalue weighted by Crippen LogP contribution is 2.22. The van der Waals surface area contributed by atoms with Gasteiger partial charge < -0.3 is 16.2 Å². The number of hydrogen-bond donors (Lipinski definition) is 3. The SMILES string of the molecule is NC(=O)C[C@H](NC(=O)c1sccc1Br)C(=O)O. The van der Waals surface area contributed by atoms with E-state index >= 15 is 0 Å². The van der Waals surface area contributed by atoms with Gasteiger partial charge in [-0.2, -0.15) is 0 Å². The Morgan fingerprint density at radius 2 is 2.18 bits per heavy atom. The average molecular weight is 321 g/mol. The molecule has 0 fully saturated rings. The minimum Gasteiger partial charge on any atom is -0.480 e. The first-order chi connectivity index (χ1) is 7.91. The Morgan fingerprint density at radius 3 is 2.59 bits per heavy atom. The molecule has 2 amide bonds. The number of nitrogens with one attached hydrogen (secondary N) is 1. The van der Waals surface area contributed by atoms with Gasteiger partial charge in [0.05, 0.1) is 6.42 Å². The van der Waals surface area contributed by atoms with E-state index in [2.05, 4.69) is 21.2 Å². The highest BCUT2D eigenvalue weighted by molar-refractivity contribution is 9.10. The Labute approximate surface area is 109 Å². The van der Waals surface area contributed by atoms with Crippen molar-refractivity contribution in [2.24, 2.45) is 5.73 Å². The van der Waals surface area contributed by atoms with Gasteiger partial charge in [-0.3, -0.25) is 9.59 Å². The highest BCUT2D eigenvalue weighted by Gasteiger charge is 2.23. The Bertz CT molecular complexity index is 460. The van der Waals surface area contributed by atoms with Gasteiger partial charge in [0.2, 0.25) is 5.91 Å². The van der Waals surface area contributed by atoms with Gasteiger partial charge in [-0.05, 0) is 27.4 Å². The number of primary amides is 1. The first kappa shape index (κ1) is 13.7. The van der Waals surface area contributed by atoms with Crippen molar-refractivity contribution in [3.8, 4) is 0 Å². The maximum Gasteiger partial charge on any atom is 0.326 e. The molecular formula is C9H9BrN2O4S. The molecule has 1 aromatic rings. The minimum atomic E-state index is -1.31. The predicted molar refractivity (Wildman–Crippen MR) is 64.7 cm³/mol. The van der Waals surface area contributed by atoms with Crippen molar-refractivity contribution in [2.75, 3.05) is 0 Å². The first-order valence-corrected chi connectivity index (χ1v) is 6.14. The van der Waals surface area contributed by atoms with E-state index in [1.54, 1.807) is 11.4 Å². The lowest BCUT2D eigenvalue weighted by molar-refractivity contribution is -0.140. The van der Waals surface area contributed by atoms with E-state index in [1.165, 1.54) is 0 Å². The van der Waals surface area contributed by atoms with Crippen molar-refractivity contribution in [1.82, 2.24) is 5.32 Å². The van der Waals surface area contributed by atoms with E-state index in [1.807, 2.05) is 0 Å². The van der Waals surface area contributed by atoms with Crippen LogP contribution in [0, 0.1) is 0 Å². The fourth-order valence-electron chi connectivity index (χ4n) is 1.08. The zero-order valence-electron chi connectivity index (χ0n) is 8.47. The number of carboxylic acid groups (broad SMARTS) is 1. The van der Waals surface area contributed by atoms with Crippen LogP contribution in [0.4, 0.5) is 0 Å². The van der Waals surface area contributed by atoms with Crippen LogP contribution in [0.15, 0.2) is 15.9 Å². The van der Waals surface area contributed by atoms with Gasteiger partial charge in [0.15, 0.2) is 0 Å². The molecule has 1 aromatic heterocycles. The molecule has 0 saturated carbocycles. The number of carbonyl (C=O) groups is 3. The van der Waals surface area contributed by atoms with Crippen molar-refractivity contribution in [3.05, 3.63) is 20.8 Å². The molecule has 0 bridgehead atoms. The standard InChI is InChI=1S/C9H9BrN2O4S/c10-4-1-2-17-7(4)8(14)12-5(9(15)16)3-6(11)13/h1-2,5H,3H2,(H2,11,13)(H,12,14)(H,15,16)/t5-/m0/s1. The molecule has 0 unspecified atom stereocenters. The second-order valence-corrected chi connectivity index (χ2v) is 4.90. The van der Waals surface area contributed by atoms with Crippen LogP contribution in [-0.4, -0.2) is 28.9 Å². The van der Waals surface area contributed by atoms with Gasteiger partial charge in [-0.1, -0.05) is 0 Å². The van der Waals surface area contributed by atoms with E-state index in [-0.39, 0.29) is 0 Å². The first-order valence-electron chi connectivity index (χ1n) is 4.46. The van der Waals surface area contributed by atoms with Crippen LogP contribution in [0.5, 0.6) is 0 Å². The lowest BCUT2D eigenvalue weighted by atomic mass is 10.2. The third-order valence-electron chi connectivity index (χ3n) is 1.83. The summed E-state index contributed by atoms with van der Waals surface area (Å²) in [6.45, 7) is 0. The van der Waals surface area contributed by atoms with E-state index in [9.17, 15) is 14.4 Å². The molecule has 0 aromatic carbocycles. The van der Waals surface area contributed by atoms with Crippen LogP contribution >= 0.6 is 27.3 Å². The average Bonchev–Trinajstić information content (AvgIpc) is 2.62. The molecule has 0 radical (unpaired) electrons. The smallest absolute Gasteiger partial charge is 0.326 e. The van der Waals surface area contributed by atoms with Crippen molar-refractivity contribution in [2.45, 2.75) is 12.5 Å². The molecule has 8 heteroatoms. The van der Waals surface area contributed by atoms with E-state index in [4.69, 9.17) is 10.8 Å². The number of rotatable bonds is 5. The molecule has 0 aliphatic rings. The zero-order valence-corrected chi connectivity index (χ0v) is 10.9. The number of carbonyl (C=O) groups excluding carboxylic acids is 2. The molecule has 0 spiro atoms. The van der Waals surface area contributed by atoms with Crippen molar-refractivity contribution >= 4 is 45.1 Å². The molecular weight excluding hydrogens is 312 g/mol. The van der Waals surface area contributed by atoms with Gasteiger partial charge in [-0.15, -0.1) is 11.3 Å². The second-order valence-electron chi connectivity index (χ2n) is 3.13. The van der Waals surface area contributed by atoms with Gasteiger partial charge in [0.25, 0.3) is 5.91 Å². The molecule has 17 heavy (non-hydrogen) atoms. The predicted octanol–water partition coefficient (Wildman–Crippen LogP) is 0.569. The Kier molecular flexibility index (Phi) is 4.64. The molecule has 1 heterocycles. The topological polar surface area (TPSA) is 109 Å². The normalized spacial score (nSPS) is 11.8. The monoisotopic (exact) mass is 320 g/mol. The summed E-state index contributed by atoms with van der Waals surface area (Å²) in [5, 5.41) is 12.7. The number of carboxylic acids is 1. The van der Waals surface area contributed by atoms with Gasteiger partial charge >= 0.3 is 5.97 Å². The van der Waals surface area contributed by atoms with Gasteiger partial charge in [0.1, 0.15) is 10.9 Å². The number of halogens is 1. The van der Waals surface area contributed by atoms with Crippen LogP contribution in [-0.2, 0) is 9.59 Å². The lowest BCUT2D eigenvalue weighted by Crippen LogP contribution is -2.43. The van der Waals surface area contributed by atoms with Crippen molar-refractivity contribution < 1.29 is 19.5 Å². The zero-order chi connectivity index (χ0) is 13.0. The highest BCUT2D eigenvalue weighted by atomic mass is 79.9. The minimum absolute atomic E-state index is 0.348. The third kappa shape index (κ3) is 3.82. The molecule has 0 saturated heterocycles. The number of aliphatic carboxylic acids is 1. The summed E-state index contributed by atoms with van der Waals surface area (Å²) in [6, 6.07) is 0.359. The fourth-order valence-corrected chi connectivity index (χ4v) is 2.54. The molecule has 92 valence electrons. The van der Waals surface area contributed by atoms with Crippen LogP contribution in [0.1, 0.15) is 16.1 Å². The largest absolute Gasteiger partial charge is 0.480 e. The Balaban J connectivity index is 2.74. The Morgan fingerprint density at radius 1 is 1.53 bits per heavy atom. The lowest BCUT2D eigenvalue weighted by Gasteiger charge is -2.12. The molecule has 0 aliphatic heterocycles. The number of amides is 2. The molecule has 4 N–H and O–H groups in total. The fraction of sp³-hybridized carbons (Fsp3) is 0.222. The third-order valence-corrected chi connectivity index (χ3v) is 3.67. The van der Waals surface area contributed by atoms with E-state index in [0.717, 1.165) is 11.3 Å². The van der Waals surface area contributed by atoms with Gasteiger partial charge in [-0.25, -0.2) is 4.79 Å². The molecule has 6 nitrogen and oxygen atoms in total. The van der Waals surface area contributed by atoms with Crippen molar-refractivity contribution in [3.63, 3.8) is 0 Å². The maximum atomic E-state index is 11.7. The summed E-state index contributed by atoms with van der Waals surface area (Å²) in [5.74, 6) is -2.65. The van der Waals surface area contributed by atoms with Gasteiger partial charge in [0, 0.05) is 4.47 Å². The number of hydrogen-bond acceptors (Lipinski definition) is 4.